The fraction of sp³-hybridized carbons (Fsp3) is 0.391. The highest BCUT2D eigenvalue weighted by atomic mass is 19.4. The average molecular weight is 606 g/mol. The lowest BCUT2D eigenvalue weighted by Crippen LogP contribution is -2.37. The molecule has 42 heavy (non-hydrogen) atoms. The number of nitrogens with zero attached hydrogens (tertiary/aromatic N) is 5. The summed E-state index contributed by atoms with van der Waals surface area (Å²) >= 11 is 0. The van der Waals surface area contributed by atoms with E-state index >= 15 is 0 Å². The standard InChI is InChI=1S/C21H23F3N8O3.C2HF3O2/c1-20(2)14(25)8-32(19(20)34)16-12(7-31(3)30-16)28-17(33)13-9-35-18(29-13)11-4-5-26-15(6-11)27-10-21(22,23)24;3-2(4,5)1(6)7/h4-7,9,14H,8,10,25H2,1-3H3,(H,26,27)(H,28,33);(H,6,7). The highest BCUT2D eigenvalue weighted by Gasteiger charge is 2.47. The number of oxazole rings is 1. The van der Waals surface area contributed by atoms with E-state index in [0.29, 0.717) is 5.56 Å². The van der Waals surface area contributed by atoms with E-state index in [4.69, 9.17) is 20.1 Å². The molecule has 4 rings (SSSR count). The van der Waals surface area contributed by atoms with Crippen LogP contribution in [0.25, 0.3) is 11.5 Å². The molecule has 0 saturated carbocycles. The van der Waals surface area contributed by atoms with Gasteiger partial charge >= 0.3 is 18.3 Å². The Morgan fingerprint density at radius 1 is 1.24 bits per heavy atom. The van der Waals surface area contributed by atoms with Crippen LogP contribution in [-0.2, 0) is 16.6 Å². The molecule has 228 valence electrons. The summed E-state index contributed by atoms with van der Waals surface area (Å²) in [4.78, 5) is 43.9. The second kappa shape index (κ2) is 11.7. The number of alkyl halides is 6. The van der Waals surface area contributed by atoms with Gasteiger partial charge in [-0.05, 0) is 26.0 Å². The van der Waals surface area contributed by atoms with E-state index in [1.54, 1.807) is 27.1 Å². The fourth-order valence-electron chi connectivity index (χ4n) is 3.51. The molecule has 0 spiro atoms. The molecule has 0 radical (unpaired) electrons. The van der Waals surface area contributed by atoms with E-state index in [0.717, 1.165) is 6.26 Å². The van der Waals surface area contributed by atoms with Gasteiger partial charge in [0.15, 0.2) is 11.5 Å². The van der Waals surface area contributed by atoms with E-state index in [2.05, 4.69) is 25.7 Å². The molecule has 3 aromatic rings. The second-order valence-electron chi connectivity index (χ2n) is 9.48. The molecular formula is C23H24F6N8O5. The first kappa shape index (κ1) is 31.8. The Hall–Kier alpha value is -4.68. The average Bonchev–Trinajstić information content (AvgIpc) is 3.56. The Morgan fingerprint density at radius 2 is 1.88 bits per heavy atom. The van der Waals surface area contributed by atoms with Gasteiger partial charge in [0.1, 0.15) is 24.3 Å². The van der Waals surface area contributed by atoms with Gasteiger partial charge in [0.05, 0.1) is 11.6 Å². The molecule has 13 nitrogen and oxygen atoms in total. The fourth-order valence-corrected chi connectivity index (χ4v) is 3.51. The van der Waals surface area contributed by atoms with Crippen molar-refractivity contribution in [3.8, 4) is 11.5 Å². The molecule has 1 aliphatic heterocycles. The van der Waals surface area contributed by atoms with Crippen LogP contribution < -0.4 is 21.3 Å². The SMILES string of the molecule is Cn1cc(NC(=O)c2coc(-c3ccnc(NCC(F)(F)F)c3)n2)c(N2CC(N)C(C)(C)C2=O)n1.O=C(O)C(F)(F)F. The Kier molecular flexibility index (Phi) is 8.84. The summed E-state index contributed by atoms with van der Waals surface area (Å²) < 4.78 is 75.9. The third-order valence-electron chi connectivity index (χ3n) is 5.87. The summed E-state index contributed by atoms with van der Waals surface area (Å²) in [5, 5.41) is 16.3. The lowest BCUT2D eigenvalue weighted by Gasteiger charge is -2.20. The Morgan fingerprint density at radius 3 is 2.43 bits per heavy atom. The molecule has 0 aromatic carbocycles. The number of halogens is 6. The number of carboxylic acid groups (broad SMARTS) is 1. The van der Waals surface area contributed by atoms with Gasteiger partial charge in [0.2, 0.25) is 11.8 Å². The maximum Gasteiger partial charge on any atom is 0.490 e. The number of amides is 2. The Labute approximate surface area is 232 Å². The van der Waals surface area contributed by atoms with Gasteiger partial charge in [-0.25, -0.2) is 14.8 Å². The Balaban J connectivity index is 0.000000616. The van der Waals surface area contributed by atoms with E-state index < -0.39 is 42.2 Å². The molecule has 1 unspecified atom stereocenters. The van der Waals surface area contributed by atoms with Gasteiger partial charge in [-0.3, -0.25) is 19.2 Å². The minimum atomic E-state index is -5.08. The molecule has 0 aliphatic carbocycles. The number of aryl methyl sites for hydroxylation is 1. The first-order chi connectivity index (χ1) is 19.3. The van der Waals surface area contributed by atoms with Gasteiger partial charge in [0, 0.05) is 31.4 Å². The molecule has 1 atom stereocenters. The molecule has 3 aromatic heterocycles. The zero-order chi connectivity index (χ0) is 31.6. The molecule has 2 amide bonds. The summed E-state index contributed by atoms with van der Waals surface area (Å²) in [5.41, 5.74) is 5.86. The van der Waals surface area contributed by atoms with Crippen LogP contribution in [0.1, 0.15) is 24.3 Å². The zero-order valence-corrected chi connectivity index (χ0v) is 22.0. The van der Waals surface area contributed by atoms with Crippen molar-refractivity contribution in [2.24, 2.45) is 18.2 Å². The number of aliphatic carboxylic acids is 1. The summed E-state index contributed by atoms with van der Waals surface area (Å²) in [6, 6.07) is 2.40. The third-order valence-corrected chi connectivity index (χ3v) is 5.87. The summed E-state index contributed by atoms with van der Waals surface area (Å²) in [5.74, 6) is -3.36. The number of hydrogen-bond acceptors (Lipinski definition) is 9. The minimum absolute atomic E-state index is 0.0152. The Bertz CT molecular complexity index is 1470. The molecular weight excluding hydrogens is 582 g/mol. The molecule has 0 bridgehead atoms. The van der Waals surface area contributed by atoms with Crippen LogP contribution in [0.4, 0.5) is 43.7 Å². The number of hydrogen-bond donors (Lipinski definition) is 4. The number of aromatic nitrogens is 4. The van der Waals surface area contributed by atoms with Gasteiger partial charge in [0.25, 0.3) is 5.91 Å². The highest BCUT2D eigenvalue weighted by molar-refractivity contribution is 6.07. The van der Waals surface area contributed by atoms with E-state index in [1.165, 1.54) is 27.9 Å². The summed E-state index contributed by atoms with van der Waals surface area (Å²) in [6.07, 6.45) is -5.54. The van der Waals surface area contributed by atoms with Crippen molar-refractivity contribution in [3.63, 3.8) is 0 Å². The number of nitrogens with one attached hydrogen (secondary N) is 2. The van der Waals surface area contributed by atoms with Crippen molar-refractivity contribution in [2.45, 2.75) is 32.2 Å². The van der Waals surface area contributed by atoms with Crippen LogP contribution in [0.15, 0.2) is 35.2 Å². The lowest BCUT2D eigenvalue weighted by molar-refractivity contribution is -0.192. The molecule has 1 saturated heterocycles. The molecule has 1 fully saturated rings. The van der Waals surface area contributed by atoms with Gasteiger partial charge in [-0.2, -0.15) is 31.4 Å². The van der Waals surface area contributed by atoms with Gasteiger partial charge in [-0.15, -0.1) is 0 Å². The largest absolute Gasteiger partial charge is 0.490 e. The smallest absolute Gasteiger partial charge is 0.475 e. The number of pyridine rings is 1. The van der Waals surface area contributed by atoms with Crippen molar-refractivity contribution >= 4 is 35.1 Å². The van der Waals surface area contributed by atoms with Crippen LogP contribution in [0.2, 0.25) is 0 Å². The van der Waals surface area contributed by atoms with E-state index in [9.17, 15) is 35.9 Å². The second-order valence-corrected chi connectivity index (χ2v) is 9.48. The summed E-state index contributed by atoms with van der Waals surface area (Å²) in [7, 11) is 1.65. The number of carbonyl (C=O) groups excluding carboxylic acids is 2. The van der Waals surface area contributed by atoms with Crippen LogP contribution in [0.3, 0.4) is 0 Å². The topological polar surface area (TPSA) is 181 Å². The normalized spacial score (nSPS) is 16.6. The van der Waals surface area contributed by atoms with E-state index in [-0.39, 0.29) is 41.4 Å². The van der Waals surface area contributed by atoms with Crippen LogP contribution in [0, 0.1) is 5.41 Å². The van der Waals surface area contributed by atoms with Gasteiger partial charge in [-0.1, -0.05) is 0 Å². The molecule has 19 heteroatoms. The highest BCUT2D eigenvalue weighted by Crippen LogP contribution is 2.36. The maximum atomic E-state index is 12.8. The first-order valence-electron chi connectivity index (χ1n) is 11.7. The predicted octanol–water partition coefficient (Wildman–Crippen LogP) is 3.03. The van der Waals surface area contributed by atoms with Crippen molar-refractivity contribution in [2.75, 3.05) is 28.6 Å². The third kappa shape index (κ3) is 7.53. The van der Waals surface area contributed by atoms with Gasteiger partial charge < -0.3 is 25.9 Å². The van der Waals surface area contributed by atoms with Crippen LogP contribution in [-0.4, -0.2) is 74.1 Å². The minimum Gasteiger partial charge on any atom is -0.475 e. The number of carboxylic acids is 1. The van der Waals surface area contributed by atoms with Crippen LogP contribution in [0.5, 0.6) is 0 Å². The monoisotopic (exact) mass is 606 g/mol. The maximum absolute atomic E-state index is 12.8. The predicted molar refractivity (Wildman–Crippen MR) is 133 cm³/mol. The lowest BCUT2D eigenvalue weighted by atomic mass is 9.88. The molecule has 4 heterocycles. The van der Waals surface area contributed by atoms with Crippen molar-refractivity contribution in [3.05, 3.63) is 36.5 Å². The van der Waals surface area contributed by atoms with Crippen molar-refractivity contribution in [1.82, 2.24) is 19.7 Å². The number of carbonyl (C=O) groups is 3. The zero-order valence-electron chi connectivity index (χ0n) is 22.0. The van der Waals surface area contributed by atoms with Crippen LogP contribution >= 0.6 is 0 Å². The quantitative estimate of drug-likeness (QED) is 0.305. The number of rotatable bonds is 6. The number of nitrogens with two attached hydrogens (primary N) is 1. The van der Waals surface area contributed by atoms with Crippen molar-refractivity contribution < 1.29 is 50.2 Å². The first-order valence-corrected chi connectivity index (χ1v) is 11.7. The molecule has 5 N–H and O–H groups in total. The summed E-state index contributed by atoms with van der Waals surface area (Å²) in [6.45, 7) is 2.49. The molecule has 1 aliphatic rings. The van der Waals surface area contributed by atoms with Crippen molar-refractivity contribution in [1.29, 1.82) is 0 Å². The number of anilines is 3. The van der Waals surface area contributed by atoms with E-state index in [1.807, 2.05) is 0 Å².